The van der Waals surface area contributed by atoms with Crippen molar-refractivity contribution in [3.8, 4) is 23.0 Å². The minimum absolute atomic E-state index is 0.111. The van der Waals surface area contributed by atoms with Crippen molar-refractivity contribution in [2.24, 2.45) is 5.92 Å². The van der Waals surface area contributed by atoms with Crippen molar-refractivity contribution < 1.29 is 18.7 Å². The Labute approximate surface area is 195 Å². The van der Waals surface area contributed by atoms with Crippen LogP contribution in [0.3, 0.4) is 0 Å². The molecule has 1 atom stereocenters. The number of para-hydroxylation sites is 1. The van der Waals surface area contributed by atoms with E-state index < -0.39 is 0 Å². The molecule has 1 aliphatic heterocycles. The summed E-state index contributed by atoms with van der Waals surface area (Å²) in [5, 5.41) is 12.7. The molecule has 0 radical (unpaired) electrons. The van der Waals surface area contributed by atoms with Crippen molar-refractivity contribution in [1.29, 1.82) is 0 Å². The van der Waals surface area contributed by atoms with E-state index in [0.29, 0.717) is 30.1 Å². The molecular formula is C24H24N4O4S. The molecule has 3 heterocycles. The summed E-state index contributed by atoms with van der Waals surface area (Å²) in [6, 6.07) is 13.6. The third-order valence-corrected chi connectivity index (χ3v) is 6.28. The van der Waals surface area contributed by atoms with E-state index in [1.807, 2.05) is 48.7 Å². The number of amides is 1. The number of H-pyrrole nitrogens is 1. The first-order valence-corrected chi connectivity index (χ1v) is 11.8. The SMILES string of the molecule is CC(C)C(NC(=O)CSc1nnc(-c2c[nH]c3ccccc23)o1)c1ccc2c(c1)OCCO2. The molecule has 8 nitrogen and oxygen atoms in total. The number of nitrogens with one attached hydrogen (secondary N) is 2. The second-order valence-electron chi connectivity index (χ2n) is 8.10. The molecule has 0 saturated heterocycles. The number of hydrogen-bond donors (Lipinski definition) is 2. The fourth-order valence-corrected chi connectivity index (χ4v) is 4.43. The molecule has 4 aromatic rings. The summed E-state index contributed by atoms with van der Waals surface area (Å²) < 4.78 is 17.1. The first-order valence-electron chi connectivity index (χ1n) is 10.8. The molecule has 1 aliphatic rings. The maximum absolute atomic E-state index is 12.7. The number of aromatic nitrogens is 3. The maximum Gasteiger partial charge on any atom is 0.277 e. The van der Waals surface area contributed by atoms with Crippen LogP contribution >= 0.6 is 11.8 Å². The van der Waals surface area contributed by atoms with Gasteiger partial charge in [-0.3, -0.25) is 4.79 Å². The highest BCUT2D eigenvalue weighted by Gasteiger charge is 2.22. The fourth-order valence-electron chi connectivity index (χ4n) is 3.86. The van der Waals surface area contributed by atoms with Crippen LogP contribution < -0.4 is 14.8 Å². The van der Waals surface area contributed by atoms with E-state index in [9.17, 15) is 4.79 Å². The average molecular weight is 465 g/mol. The van der Waals surface area contributed by atoms with Gasteiger partial charge in [0.2, 0.25) is 5.91 Å². The molecule has 33 heavy (non-hydrogen) atoms. The highest BCUT2D eigenvalue weighted by Crippen LogP contribution is 2.34. The summed E-state index contributed by atoms with van der Waals surface area (Å²) in [7, 11) is 0. The first-order chi connectivity index (χ1) is 16.1. The Morgan fingerprint density at radius 3 is 2.79 bits per heavy atom. The lowest BCUT2D eigenvalue weighted by Crippen LogP contribution is -2.33. The quantitative estimate of drug-likeness (QED) is 0.386. The zero-order valence-electron chi connectivity index (χ0n) is 18.3. The van der Waals surface area contributed by atoms with Gasteiger partial charge < -0.3 is 24.2 Å². The molecule has 0 aliphatic carbocycles. The van der Waals surface area contributed by atoms with Crippen molar-refractivity contribution in [3.63, 3.8) is 0 Å². The zero-order chi connectivity index (χ0) is 22.8. The zero-order valence-corrected chi connectivity index (χ0v) is 19.1. The van der Waals surface area contributed by atoms with Crippen LogP contribution in [0.25, 0.3) is 22.4 Å². The number of thioether (sulfide) groups is 1. The maximum atomic E-state index is 12.7. The fraction of sp³-hybridized carbons (Fsp3) is 0.292. The van der Waals surface area contributed by atoms with Gasteiger partial charge in [-0.1, -0.05) is 49.9 Å². The number of nitrogens with zero attached hydrogens (tertiary/aromatic N) is 2. The molecule has 0 saturated carbocycles. The molecule has 9 heteroatoms. The number of carbonyl (C=O) groups is 1. The Morgan fingerprint density at radius 1 is 1.12 bits per heavy atom. The first kappa shape index (κ1) is 21.4. The van der Waals surface area contributed by atoms with Crippen LogP contribution in [0.1, 0.15) is 25.5 Å². The Balaban J connectivity index is 1.23. The molecular weight excluding hydrogens is 440 g/mol. The average Bonchev–Trinajstić information content (AvgIpc) is 3.47. The molecule has 2 N–H and O–H groups in total. The van der Waals surface area contributed by atoms with Gasteiger partial charge in [0.1, 0.15) is 13.2 Å². The smallest absolute Gasteiger partial charge is 0.277 e. The van der Waals surface area contributed by atoms with Gasteiger partial charge in [0.25, 0.3) is 11.1 Å². The summed E-state index contributed by atoms with van der Waals surface area (Å²) >= 11 is 1.22. The van der Waals surface area contributed by atoms with Crippen molar-refractivity contribution in [2.75, 3.05) is 19.0 Å². The Hall–Kier alpha value is -3.46. The van der Waals surface area contributed by atoms with Crippen LogP contribution in [0, 0.1) is 5.92 Å². The van der Waals surface area contributed by atoms with Gasteiger partial charge in [0.05, 0.1) is 17.4 Å². The lowest BCUT2D eigenvalue weighted by Gasteiger charge is -2.25. The number of fused-ring (bicyclic) bond motifs is 2. The topological polar surface area (TPSA) is 102 Å². The van der Waals surface area contributed by atoms with Crippen LogP contribution in [-0.4, -0.2) is 40.1 Å². The third kappa shape index (κ3) is 4.54. The summed E-state index contributed by atoms with van der Waals surface area (Å²) in [5.74, 6) is 2.12. The van der Waals surface area contributed by atoms with E-state index in [-0.39, 0.29) is 23.6 Å². The predicted octanol–water partition coefficient (Wildman–Crippen LogP) is 4.59. The largest absolute Gasteiger partial charge is 0.486 e. The minimum Gasteiger partial charge on any atom is -0.486 e. The van der Waals surface area contributed by atoms with Crippen LogP contribution in [0.2, 0.25) is 0 Å². The summed E-state index contributed by atoms with van der Waals surface area (Å²) in [6.07, 6.45) is 1.85. The van der Waals surface area contributed by atoms with Gasteiger partial charge in [-0.25, -0.2) is 0 Å². The Morgan fingerprint density at radius 2 is 1.94 bits per heavy atom. The molecule has 0 bridgehead atoms. The van der Waals surface area contributed by atoms with Crippen LogP contribution in [0.15, 0.2) is 58.3 Å². The van der Waals surface area contributed by atoms with Crippen molar-refractivity contribution in [2.45, 2.75) is 25.1 Å². The number of hydrogen-bond acceptors (Lipinski definition) is 7. The van der Waals surface area contributed by atoms with Crippen LogP contribution in [-0.2, 0) is 4.79 Å². The van der Waals surface area contributed by atoms with Gasteiger partial charge in [-0.05, 0) is 29.7 Å². The predicted molar refractivity (Wildman–Crippen MR) is 125 cm³/mol. The second kappa shape index (κ2) is 9.19. The number of carbonyl (C=O) groups excluding carboxylic acids is 1. The number of benzene rings is 2. The number of ether oxygens (including phenoxy) is 2. The standard InChI is InChI=1S/C24H24N4O4S/c1-14(2)22(15-7-8-19-20(11-15)31-10-9-30-19)26-21(29)13-33-24-28-27-23(32-24)17-12-25-18-6-4-3-5-16(17)18/h3-8,11-12,14,22,25H,9-10,13H2,1-2H3,(H,26,29). The monoisotopic (exact) mass is 464 g/mol. The van der Waals surface area contributed by atoms with Gasteiger partial charge in [0, 0.05) is 17.1 Å². The molecule has 1 unspecified atom stereocenters. The van der Waals surface area contributed by atoms with Crippen LogP contribution in [0.5, 0.6) is 11.5 Å². The Kier molecular flexibility index (Phi) is 5.95. The summed E-state index contributed by atoms with van der Waals surface area (Å²) in [6.45, 7) is 5.21. The van der Waals surface area contributed by atoms with Crippen molar-refractivity contribution >= 4 is 28.6 Å². The van der Waals surface area contributed by atoms with E-state index in [1.165, 1.54) is 11.8 Å². The lowest BCUT2D eigenvalue weighted by molar-refractivity contribution is -0.119. The van der Waals surface area contributed by atoms with Gasteiger partial charge >= 0.3 is 0 Å². The van der Waals surface area contributed by atoms with Gasteiger partial charge in [-0.2, -0.15) is 0 Å². The van der Waals surface area contributed by atoms with E-state index in [0.717, 1.165) is 27.8 Å². The number of rotatable bonds is 7. The number of aromatic amines is 1. The van der Waals surface area contributed by atoms with Crippen LogP contribution in [0.4, 0.5) is 0 Å². The van der Waals surface area contributed by atoms with E-state index in [1.54, 1.807) is 0 Å². The highest BCUT2D eigenvalue weighted by atomic mass is 32.2. The normalized spacial score (nSPS) is 13.9. The molecule has 5 rings (SSSR count). The van der Waals surface area contributed by atoms with E-state index >= 15 is 0 Å². The minimum atomic E-state index is -0.154. The van der Waals surface area contributed by atoms with Gasteiger partial charge in [0.15, 0.2) is 11.5 Å². The third-order valence-electron chi connectivity index (χ3n) is 5.46. The molecule has 2 aromatic carbocycles. The molecule has 1 amide bonds. The lowest BCUT2D eigenvalue weighted by atomic mass is 9.95. The molecule has 2 aromatic heterocycles. The second-order valence-corrected chi connectivity index (χ2v) is 9.03. The highest BCUT2D eigenvalue weighted by molar-refractivity contribution is 7.99. The van der Waals surface area contributed by atoms with Crippen molar-refractivity contribution in [1.82, 2.24) is 20.5 Å². The summed E-state index contributed by atoms with van der Waals surface area (Å²) in [4.78, 5) is 15.9. The van der Waals surface area contributed by atoms with Gasteiger partial charge in [-0.15, -0.1) is 10.2 Å². The van der Waals surface area contributed by atoms with E-state index in [4.69, 9.17) is 13.9 Å². The molecule has 0 spiro atoms. The molecule has 0 fully saturated rings. The summed E-state index contributed by atoms with van der Waals surface area (Å²) in [5.41, 5.74) is 2.82. The van der Waals surface area contributed by atoms with E-state index in [2.05, 4.69) is 34.3 Å². The molecule has 170 valence electrons. The Bertz CT molecular complexity index is 1280. The van der Waals surface area contributed by atoms with Crippen molar-refractivity contribution in [3.05, 3.63) is 54.2 Å².